The molecule has 2 N–H and O–H groups in total. The zero-order valence-electron chi connectivity index (χ0n) is 11.3. The Bertz CT molecular complexity index is 653. The fourth-order valence-electron chi connectivity index (χ4n) is 1.69. The maximum atomic E-state index is 11.9. The van der Waals surface area contributed by atoms with E-state index in [1.54, 1.807) is 6.92 Å². The molecule has 0 radical (unpaired) electrons. The molecule has 6 nitrogen and oxygen atoms in total. The lowest BCUT2D eigenvalue weighted by Gasteiger charge is -2.15. The number of ether oxygens (including phenoxy) is 1. The Morgan fingerprint density at radius 2 is 2.15 bits per heavy atom. The molecule has 0 saturated heterocycles. The highest BCUT2D eigenvalue weighted by molar-refractivity contribution is 7.89. The van der Waals surface area contributed by atoms with E-state index in [2.05, 4.69) is 14.7 Å². The molecule has 7 heteroatoms. The highest BCUT2D eigenvalue weighted by Crippen LogP contribution is 2.16. The summed E-state index contributed by atoms with van der Waals surface area (Å²) in [5.74, 6) is 0.750. The predicted octanol–water partition coefficient (Wildman–Crippen LogP) is 1.46. The van der Waals surface area contributed by atoms with Crippen molar-refractivity contribution in [2.75, 3.05) is 6.61 Å². The standard InChI is InChI=1S/C13H17N3O3S/c1-10-5-3-4-6-12(10)19-8-11(2)16-20(17,18)13-7-14-9-15-13/h3-7,9,11,16H,8H2,1-2H3,(H,14,15)/t11-/m0/s1. The first-order valence-corrected chi connectivity index (χ1v) is 7.66. The first-order valence-electron chi connectivity index (χ1n) is 6.18. The van der Waals surface area contributed by atoms with E-state index in [0.717, 1.165) is 11.3 Å². The van der Waals surface area contributed by atoms with Crippen LogP contribution in [0.4, 0.5) is 0 Å². The highest BCUT2D eigenvalue weighted by Gasteiger charge is 2.18. The molecule has 0 aliphatic carbocycles. The molecule has 0 unspecified atom stereocenters. The summed E-state index contributed by atoms with van der Waals surface area (Å²) < 4.78 is 32.0. The number of hydrogen-bond donors (Lipinski definition) is 2. The Morgan fingerprint density at radius 3 is 2.80 bits per heavy atom. The minimum Gasteiger partial charge on any atom is -0.492 e. The van der Waals surface area contributed by atoms with Gasteiger partial charge in [0.1, 0.15) is 12.4 Å². The molecule has 1 aromatic heterocycles. The topological polar surface area (TPSA) is 84.1 Å². The van der Waals surface area contributed by atoms with Crippen LogP contribution in [0.15, 0.2) is 41.8 Å². The Hall–Kier alpha value is -1.86. The van der Waals surface area contributed by atoms with Crippen LogP contribution in [0, 0.1) is 6.92 Å². The Balaban J connectivity index is 1.93. The first kappa shape index (κ1) is 14.5. The van der Waals surface area contributed by atoms with Crippen LogP contribution in [0.3, 0.4) is 0 Å². The number of para-hydroxylation sites is 1. The van der Waals surface area contributed by atoms with Crippen LogP contribution in [-0.2, 0) is 10.0 Å². The summed E-state index contributed by atoms with van der Waals surface area (Å²) in [6.07, 6.45) is 2.58. The molecule has 20 heavy (non-hydrogen) atoms. The first-order chi connectivity index (χ1) is 9.49. The molecule has 0 aliphatic rings. The quantitative estimate of drug-likeness (QED) is 0.845. The van der Waals surface area contributed by atoms with E-state index < -0.39 is 10.0 Å². The molecule has 0 fully saturated rings. The van der Waals surface area contributed by atoms with Crippen molar-refractivity contribution in [2.45, 2.75) is 24.9 Å². The average molecular weight is 295 g/mol. The third-order valence-electron chi connectivity index (χ3n) is 2.70. The number of rotatable bonds is 6. The second-order valence-corrected chi connectivity index (χ2v) is 6.20. The van der Waals surface area contributed by atoms with Gasteiger partial charge >= 0.3 is 0 Å². The van der Waals surface area contributed by atoms with Gasteiger partial charge in [0.05, 0.1) is 18.6 Å². The summed E-state index contributed by atoms with van der Waals surface area (Å²) >= 11 is 0. The SMILES string of the molecule is Cc1ccccc1OC[C@H](C)NS(=O)(=O)c1cnc[nH]1. The number of aromatic amines is 1. The van der Waals surface area contributed by atoms with E-state index in [1.165, 1.54) is 12.5 Å². The van der Waals surface area contributed by atoms with Gasteiger partial charge in [0.15, 0.2) is 5.03 Å². The molecule has 0 saturated carbocycles. The van der Waals surface area contributed by atoms with Crippen molar-refractivity contribution in [1.29, 1.82) is 0 Å². The van der Waals surface area contributed by atoms with E-state index in [-0.39, 0.29) is 17.7 Å². The van der Waals surface area contributed by atoms with Crippen LogP contribution in [-0.4, -0.2) is 31.0 Å². The molecule has 108 valence electrons. The van der Waals surface area contributed by atoms with Crippen molar-refractivity contribution in [1.82, 2.24) is 14.7 Å². The summed E-state index contributed by atoms with van der Waals surface area (Å²) in [7, 11) is -3.58. The third-order valence-corrected chi connectivity index (χ3v) is 4.22. The number of H-pyrrole nitrogens is 1. The van der Waals surface area contributed by atoms with Crippen molar-refractivity contribution in [3.8, 4) is 5.75 Å². The molecule has 1 aromatic carbocycles. The number of benzene rings is 1. The summed E-state index contributed by atoms with van der Waals surface area (Å²) in [5, 5.41) is 0.0419. The fourth-order valence-corrected chi connectivity index (χ4v) is 2.82. The van der Waals surface area contributed by atoms with E-state index in [4.69, 9.17) is 4.74 Å². The summed E-state index contributed by atoms with van der Waals surface area (Å²) in [5.41, 5.74) is 1.01. The van der Waals surface area contributed by atoms with Crippen LogP contribution in [0.2, 0.25) is 0 Å². The summed E-state index contributed by atoms with van der Waals surface area (Å²) in [6, 6.07) is 7.23. The van der Waals surface area contributed by atoms with Gasteiger partial charge in [-0.25, -0.2) is 18.1 Å². The maximum absolute atomic E-state index is 11.9. The molecule has 0 bridgehead atoms. The lowest BCUT2D eigenvalue weighted by molar-refractivity contribution is 0.285. The Labute approximate surface area is 118 Å². The summed E-state index contributed by atoms with van der Waals surface area (Å²) in [6.45, 7) is 3.93. The fraction of sp³-hybridized carbons (Fsp3) is 0.308. The largest absolute Gasteiger partial charge is 0.492 e. The van der Waals surface area contributed by atoms with Gasteiger partial charge in [-0.15, -0.1) is 0 Å². The van der Waals surface area contributed by atoms with Gasteiger partial charge in [0.2, 0.25) is 0 Å². The van der Waals surface area contributed by atoms with Crippen LogP contribution in [0.1, 0.15) is 12.5 Å². The number of nitrogens with zero attached hydrogens (tertiary/aromatic N) is 1. The number of sulfonamides is 1. The van der Waals surface area contributed by atoms with Crippen LogP contribution in [0.25, 0.3) is 0 Å². The van der Waals surface area contributed by atoms with Gasteiger partial charge in [-0.3, -0.25) is 0 Å². The Kier molecular flexibility index (Phi) is 4.41. The van der Waals surface area contributed by atoms with Gasteiger partial charge in [-0.2, -0.15) is 0 Å². The van der Waals surface area contributed by atoms with E-state index in [1.807, 2.05) is 31.2 Å². The molecule has 0 amide bonds. The smallest absolute Gasteiger partial charge is 0.257 e. The van der Waals surface area contributed by atoms with E-state index >= 15 is 0 Å². The minimum atomic E-state index is -3.58. The maximum Gasteiger partial charge on any atom is 0.257 e. The van der Waals surface area contributed by atoms with Gasteiger partial charge < -0.3 is 9.72 Å². The van der Waals surface area contributed by atoms with Crippen molar-refractivity contribution < 1.29 is 13.2 Å². The lowest BCUT2D eigenvalue weighted by atomic mass is 10.2. The second-order valence-electron chi connectivity index (χ2n) is 4.51. The molecule has 1 atom stereocenters. The van der Waals surface area contributed by atoms with Crippen molar-refractivity contribution in [3.05, 3.63) is 42.4 Å². The minimum absolute atomic E-state index is 0.0419. The molecule has 1 heterocycles. The normalized spacial score (nSPS) is 13.1. The molecule has 0 spiro atoms. The van der Waals surface area contributed by atoms with Crippen LogP contribution in [0.5, 0.6) is 5.75 Å². The monoisotopic (exact) mass is 295 g/mol. The number of imidazole rings is 1. The molecule has 2 rings (SSSR count). The van der Waals surface area contributed by atoms with Gasteiger partial charge in [-0.1, -0.05) is 18.2 Å². The molecule has 2 aromatic rings. The average Bonchev–Trinajstić information content (AvgIpc) is 2.92. The van der Waals surface area contributed by atoms with E-state index in [0.29, 0.717) is 0 Å². The van der Waals surface area contributed by atoms with E-state index in [9.17, 15) is 8.42 Å². The predicted molar refractivity (Wildman–Crippen MR) is 75.0 cm³/mol. The Morgan fingerprint density at radius 1 is 1.40 bits per heavy atom. The third kappa shape index (κ3) is 3.58. The van der Waals surface area contributed by atoms with Gasteiger partial charge in [0, 0.05) is 0 Å². The van der Waals surface area contributed by atoms with Gasteiger partial charge in [0.25, 0.3) is 10.0 Å². The van der Waals surface area contributed by atoms with Gasteiger partial charge in [-0.05, 0) is 25.5 Å². The highest BCUT2D eigenvalue weighted by atomic mass is 32.2. The summed E-state index contributed by atoms with van der Waals surface area (Å²) in [4.78, 5) is 6.26. The molecular formula is C13H17N3O3S. The molecular weight excluding hydrogens is 278 g/mol. The number of hydrogen-bond acceptors (Lipinski definition) is 4. The van der Waals surface area contributed by atoms with Crippen molar-refractivity contribution in [2.24, 2.45) is 0 Å². The lowest BCUT2D eigenvalue weighted by Crippen LogP contribution is -2.37. The second kappa shape index (κ2) is 6.06. The zero-order chi connectivity index (χ0) is 14.6. The molecule has 0 aliphatic heterocycles. The number of aryl methyl sites for hydroxylation is 1. The van der Waals surface area contributed by atoms with Crippen LogP contribution < -0.4 is 9.46 Å². The number of aromatic nitrogens is 2. The zero-order valence-corrected chi connectivity index (χ0v) is 12.1. The van der Waals surface area contributed by atoms with Crippen molar-refractivity contribution >= 4 is 10.0 Å². The van der Waals surface area contributed by atoms with Crippen molar-refractivity contribution in [3.63, 3.8) is 0 Å². The number of nitrogens with one attached hydrogen (secondary N) is 2. The van der Waals surface area contributed by atoms with Crippen LogP contribution >= 0.6 is 0 Å².